The maximum atomic E-state index is 13.4. The van der Waals surface area contributed by atoms with Crippen molar-refractivity contribution in [2.24, 2.45) is 5.73 Å². The van der Waals surface area contributed by atoms with Gasteiger partial charge in [0.15, 0.2) is 0 Å². The molecule has 12 heteroatoms. The minimum absolute atomic E-state index is 0.0738. The zero-order valence-electron chi connectivity index (χ0n) is 20.9. The van der Waals surface area contributed by atoms with Crippen molar-refractivity contribution in [1.82, 2.24) is 10.0 Å². The molecule has 3 aromatic rings. The molecule has 0 aliphatic rings. The van der Waals surface area contributed by atoms with Gasteiger partial charge in [0.05, 0.1) is 18.4 Å². The maximum Gasteiger partial charge on any atom is 0.330 e. The Bertz CT molecular complexity index is 1380. The second-order valence-electron chi connectivity index (χ2n) is 8.26. The Morgan fingerprint density at radius 2 is 1.58 bits per heavy atom. The number of rotatable bonds is 11. The summed E-state index contributed by atoms with van der Waals surface area (Å²) in [5.74, 6) is -0.685. The van der Waals surface area contributed by atoms with Crippen molar-refractivity contribution in [1.29, 1.82) is 0 Å². The fraction of sp³-hybridized carbons (Fsp3) is 0.192. The lowest BCUT2D eigenvalue weighted by atomic mass is 10.0. The van der Waals surface area contributed by atoms with Crippen LogP contribution in [0.3, 0.4) is 0 Å². The van der Waals surface area contributed by atoms with Gasteiger partial charge in [0.2, 0.25) is 5.91 Å². The van der Waals surface area contributed by atoms with Crippen LogP contribution in [0.5, 0.6) is 5.75 Å². The van der Waals surface area contributed by atoms with Crippen LogP contribution >= 0.6 is 0 Å². The van der Waals surface area contributed by atoms with E-state index in [-0.39, 0.29) is 17.7 Å². The molecular formula is C26H29N5O6S. The summed E-state index contributed by atoms with van der Waals surface area (Å²) in [6.45, 7) is 0. The van der Waals surface area contributed by atoms with Crippen LogP contribution in [0.15, 0.2) is 78.9 Å². The molecule has 3 rings (SSSR count). The highest BCUT2D eigenvalue weighted by atomic mass is 32.2. The molecule has 11 nitrogen and oxygen atoms in total. The van der Waals surface area contributed by atoms with E-state index >= 15 is 0 Å². The topological polar surface area (TPSA) is 160 Å². The van der Waals surface area contributed by atoms with Crippen LogP contribution in [-0.4, -0.2) is 46.5 Å². The summed E-state index contributed by atoms with van der Waals surface area (Å²) < 4.78 is 34.3. The van der Waals surface area contributed by atoms with Crippen molar-refractivity contribution in [3.05, 3.63) is 90.0 Å². The van der Waals surface area contributed by atoms with Gasteiger partial charge in [-0.1, -0.05) is 42.5 Å². The van der Waals surface area contributed by atoms with Crippen LogP contribution < -0.4 is 30.1 Å². The van der Waals surface area contributed by atoms with Crippen molar-refractivity contribution in [3.63, 3.8) is 0 Å². The van der Waals surface area contributed by atoms with E-state index in [0.717, 1.165) is 5.56 Å². The van der Waals surface area contributed by atoms with Crippen LogP contribution in [0.4, 0.5) is 16.2 Å². The number of carbonyl (C=O) groups excluding carboxylic acids is 3. The molecule has 0 fully saturated rings. The molecule has 200 valence electrons. The van der Waals surface area contributed by atoms with Crippen molar-refractivity contribution in [2.45, 2.75) is 18.9 Å². The fourth-order valence-electron chi connectivity index (χ4n) is 3.65. The highest BCUT2D eigenvalue weighted by molar-refractivity contribution is 7.91. The summed E-state index contributed by atoms with van der Waals surface area (Å²) in [5.41, 5.74) is 6.61. The highest BCUT2D eigenvalue weighted by Gasteiger charge is 2.27. The molecular weight excluding hydrogens is 510 g/mol. The van der Waals surface area contributed by atoms with E-state index < -0.39 is 34.1 Å². The second kappa shape index (κ2) is 12.6. The van der Waals surface area contributed by atoms with Gasteiger partial charge in [-0.15, -0.1) is 0 Å². The first-order chi connectivity index (χ1) is 18.1. The third-order valence-corrected chi connectivity index (χ3v) is 6.56. The first kappa shape index (κ1) is 28.0. The number of likely N-dealkylation sites (N-methyl/N-ethyl adjacent to an activating group) is 1. The minimum Gasteiger partial charge on any atom is -0.497 e. The predicted molar refractivity (Wildman–Crippen MR) is 144 cm³/mol. The summed E-state index contributed by atoms with van der Waals surface area (Å²) in [5, 5.41) is 2.46. The monoisotopic (exact) mass is 539 g/mol. The number of carbonyl (C=O) groups is 3. The van der Waals surface area contributed by atoms with Gasteiger partial charge in [-0.25, -0.2) is 9.52 Å². The number of hydrogen-bond acceptors (Lipinski definition) is 6. The average molecular weight is 540 g/mol. The number of nitrogens with one attached hydrogen (secondary N) is 3. The van der Waals surface area contributed by atoms with Gasteiger partial charge in [-0.3, -0.25) is 14.3 Å². The van der Waals surface area contributed by atoms with Crippen LogP contribution in [0.2, 0.25) is 0 Å². The largest absolute Gasteiger partial charge is 0.497 e. The van der Waals surface area contributed by atoms with Crippen molar-refractivity contribution in [2.75, 3.05) is 23.8 Å². The molecule has 0 unspecified atom stereocenters. The zero-order valence-corrected chi connectivity index (χ0v) is 21.7. The number of benzene rings is 3. The summed E-state index contributed by atoms with van der Waals surface area (Å²) in [7, 11) is -1.38. The Labute approximate surface area is 221 Å². The molecule has 0 aromatic heterocycles. The molecule has 0 saturated heterocycles. The number of urea groups is 1. The molecule has 38 heavy (non-hydrogen) atoms. The van der Waals surface area contributed by atoms with Crippen LogP contribution in [0.25, 0.3) is 0 Å². The van der Waals surface area contributed by atoms with E-state index in [0.29, 0.717) is 17.9 Å². The van der Waals surface area contributed by atoms with Gasteiger partial charge in [0, 0.05) is 12.7 Å². The summed E-state index contributed by atoms with van der Waals surface area (Å²) >= 11 is 0. The predicted octanol–water partition coefficient (Wildman–Crippen LogP) is 2.41. The van der Waals surface area contributed by atoms with E-state index in [1.54, 1.807) is 31.3 Å². The van der Waals surface area contributed by atoms with E-state index in [4.69, 9.17) is 10.5 Å². The number of nitrogens with two attached hydrogens (primary N) is 1. The Kier molecular flexibility index (Phi) is 9.28. The number of methoxy groups -OCH3 is 1. The van der Waals surface area contributed by atoms with Crippen LogP contribution in [-0.2, 0) is 21.4 Å². The van der Waals surface area contributed by atoms with E-state index in [9.17, 15) is 22.8 Å². The van der Waals surface area contributed by atoms with Gasteiger partial charge in [0.1, 0.15) is 11.8 Å². The minimum atomic E-state index is -4.47. The lowest BCUT2D eigenvalue weighted by Gasteiger charge is -2.25. The fourth-order valence-corrected chi connectivity index (χ4v) is 4.47. The number of hydrogen-bond donors (Lipinski definition) is 4. The van der Waals surface area contributed by atoms with Gasteiger partial charge < -0.3 is 20.7 Å². The van der Waals surface area contributed by atoms with E-state index in [2.05, 4.69) is 10.0 Å². The SMILES string of the molecule is COc1ccc(N(C)C(=O)[C@H](CCc2ccccc2)NC(=O)NS(=O)(=O)Nc2ccccc2C(N)=O)cc1. The third-order valence-electron chi connectivity index (χ3n) is 5.62. The Hall–Kier alpha value is -4.58. The number of para-hydroxylation sites is 1. The molecule has 0 bridgehead atoms. The van der Waals surface area contributed by atoms with E-state index in [1.165, 1.54) is 36.3 Å². The molecule has 0 spiro atoms. The Morgan fingerprint density at radius 1 is 0.947 bits per heavy atom. The number of ether oxygens (including phenoxy) is 1. The molecule has 0 saturated carbocycles. The standard InChI is InChI=1S/C26H29N5O6S/c1-31(19-13-15-20(37-2)16-14-19)25(33)23(17-12-18-8-4-3-5-9-18)28-26(34)30-38(35,36)29-22-11-7-6-10-21(22)24(27)32/h3-11,13-16,23,29H,12,17H2,1-2H3,(H2,27,32)(H2,28,30,34)/t23-/m0/s1. The summed E-state index contributed by atoms with van der Waals surface area (Å²) in [6.07, 6.45) is 0.652. The quantitative estimate of drug-likeness (QED) is 0.293. The first-order valence-electron chi connectivity index (χ1n) is 11.5. The maximum absolute atomic E-state index is 13.4. The third kappa shape index (κ3) is 7.71. The Balaban J connectivity index is 1.75. The van der Waals surface area contributed by atoms with Gasteiger partial charge in [0.25, 0.3) is 5.91 Å². The molecule has 0 aliphatic carbocycles. The number of amides is 4. The van der Waals surface area contributed by atoms with Gasteiger partial charge >= 0.3 is 16.2 Å². The smallest absolute Gasteiger partial charge is 0.330 e. The van der Waals surface area contributed by atoms with Crippen LogP contribution in [0.1, 0.15) is 22.3 Å². The molecule has 1 atom stereocenters. The molecule has 5 N–H and O–H groups in total. The first-order valence-corrected chi connectivity index (χ1v) is 13.0. The molecule has 0 radical (unpaired) electrons. The zero-order chi connectivity index (χ0) is 27.7. The average Bonchev–Trinajstić information content (AvgIpc) is 2.90. The van der Waals surface area contributed by atoms with E-state index in [1.807, 2.05) is 35.1 Å². The Morgan fingerprint density at radius 3 is 2.21 bits per heavy atom. The lowest BCUT2D eigenvalue weighted by molar-refractivity contribution is -0.120. The molecule has 0 heterocycles. The van der Waals surface area contributed by atoms with Crippen LogP contribution in [0, 0.1) is 0 Å². The number of aryl methyl sites for hydroxylation is 1. The number of primary amides is 1. The van der Waals surface area contributed by atoms with Crippen molar-refractivity contribution in [3.8, 4) is 5.75 Å². The van der Waals surface area contributed by atoms with Gasteiger partial charge in [-0.05, 0) is 54.8 Å². The molecule has 3 aromatic carbocycles. The summed E-state index contributed by atoms with van der Waals surface area (Å²) in [6, 6.07) is 19.6. The lowest BCUT2D eigenvalue weighted by Crippen LogP contribution is -2.52. The normalized spacial score (nSPS) is 11.6. The second-order valence-corrected chi connectivity index (χ2v) is 9.68. The molecule has 4 amide bonds. The van der Waals surface area contributed by atoms with Crippen molar-refractivity contribution < 1.29 is 27.5 Å². The molecule has 0 aliphatic heterocycles. The van der Waals surface area contributed by atoms with Crippen molar-refractivity contribution >= 4 is 39.4 Å². The highest BCUT2D eigenvalue weighted by Crippen LogP contribution is 2.20. The summed E-state index contributed by atoms with van der Waals surface area (Å²) in [4.78, 5) is 39.0. The van der Waals surface area contributed by atoms with Gasteiger partial charge in [-0.2, -0.15) is 8.42 Å². The number of anilines is 2. The number of nitrogens with zero attached hydrogens (tertiary/aromatic N) is 1.